The first kappa shape index (κ1) is 30.0. The lowest BCUT2D eigenvalue weighted by molar-refractivity contribution is -0.132. The molecule has 1 aromatic rings. The molecule has 202 valence electrons. The van der Waals surface area contributed by atoms with Gasteiger partial charge in [0.25, 0.3) is 5.91 Å². The van der Waals surface area contributed by atoms with Gasteiger partial charge in [0.2, 0.25) is 5.91 Å². The van der Waals surface area contributed by atoms with E-state index in [2.05, 4.69) is 20.9 Å². The van der Waals surface area contributed by atoms with Crippen LogP contribution < -0.4 is 5.73 Å². The monoisotopic (exact) mass is 578 g/mol. The number of primary amides is 1. The predicted molar refractivity (Wildman–Crippen MR) is 144 cm³/mol. The highest BCUT2D eigenvalue weighted by atomic mass is 79.9. The molecule has 0 saturated carbocycles. The number of hydrogen-bond acceptors (Lipinski definition) is 7. The molecule has 2 rings (SSSR count). The molecule has 1 heterocycles. The van der Waals surface area contributed by atoms with E-state index in [1.807, 2.05) is 6.92 Å². The van der Waals surface area contributed by atoms with Crippen LogP contribution in [0.5, 0.6) is 0 Å². The smallest absolute Gasteiger partial charge is 0.425 e. The average Bonchev–Trinajstić information content (AvgIpc) is 2.89. The van der Waals surface area contributed by atoms with Crippen LogP contribution in [0.3, 0.4) is 0 Å². The lowest BCUT2D eigenvalue weighted by Gasteiger charge is -2.29. The Morgan fingerprint density at radius 1 is 1.03 bits per heavy atom. The summed E-state index contributed by atoms with van der Waals surface area (Å²) in [4.78, 5) is 58.4. The van der Waals surface area contributed by atoms with E-state index in [1.165, 1.54) is 4.90 Å². The van der Waals surface area contributed by atoms with Crippen molar-refractivity contribution >= 4 is 57.5 Å². The number of ether oxygens (including phenoxy) is 2. The van der Waals surface area contributed by atoms with Crippen molar-refractivity contribution in [2.45, 2.75) is 72.5 Å². The first-order chi connectivity index (χ1) is 17.0. The van der Waals surface area contributed by atoms with Gasteiger partial charge in [0.05, 0.1) is 12.2 Å². The van der Waals surface area contributed by atoms with Crippen molar-refractivity contribution < 1.29 is 28.7 Å². The van der Waals surface area contributed by atoms with E-state index in [-0.39, 0.29) is 24.4 Å². The van der Waals surface area contributed by atoms with Crippen molar-refractivity contribution in [3.63, 3.8) is 0 Å². The molecule has 0 spiro atoms. The molecule has 0 fully saturated rings. The standard InChI is InChI=1S/C26H35BrN4O6/c1-8-11-30(15-20(28)32)22(33)17-12-16-13-18(27)9-10-19(16)29-21(14-17)31(23(34)36-25(2,3)4)24(35)37-26(5,6)7/h9-10,12-13H,8,11,14-15H2,1-7H3,(H2,28,32). The number of nitrogens with two attached hydrogens (primary N) is 1. The zero-order chi connectivity index (χ0) is 28.1. The molecule has 0 radical (unpaired) electrons. The van der Waals surface area contributed by atoms with E-state index in [9.17, 15) is 19.2 Å². The fourth-order valence-corrected chi connectivity index (χ4v) is 3.79. The normalized spacial score (nSPS) is 13.4. The van der Waals surface area contributed by atoms with Crippen LogP contribution in [0.4, 0.5) is 15.3 Å². The molecule has 11 heteroatoms. The second kappa shape index (κ2) is 11.9. The fourth-order valence-electron chi connectivity index (χ4n) is 3.41. The molecule has 4 amide bonds. The number of rotatable bonds is 5. The van der Waals surface area contributed by atoms with Crippen LogP contribution in [0.1, 0.15) is 66.9 Å². The van der Waals surface area contributed by atoms with Crippen LogP contribution in [0.25, 0.3) is 6.08 Å². The van der Waals surface area contributed by atoms with Gasteiger partial charge in [-0.25, -0.2) is 14.6 Å². The van der Waals surface area contributed by atoms with Gasteiger partial charge in [-0.2, -0.15) is 4.90 Å². The van der Waals surface area contributed by atoms with E-state index in [0.29, 0.717) is 29.1 Å². The minimum atomic E-state index is -0.990. The first-order valence-electron chi connectivity index (χ1n) is 11.9. The van der Waals surface area contributed by atoms with E-state index >= 15 is 0 Å². The Balaban J connectivity index is 2.67. The minimum Gasteiger partial charge on any atom is -0.443 e. The summed E-state index contributed by atoms with van der Waals surface area (Å²) in [7, 11) is 0. The van der Waals surface area contributed by atoms with Crippen LogP contribution >= 0.6 is 15.9 Å². The molecule has 0 atom stereocenters. The van der Waals surface area contributed by atoms with E-state index in [0.717, 1.165) is 4.47 Å². The van der Waals surface area contributed by atoms with Gasteiger partial charge in [-0.15, -0.1) is 0 Å². The van der Waals surface area contributed by atoms with Crippen LogP contribution in [-0.4, -0.2) is 63.9 Å². The molecule has 10 nitrogen and oxygen atoms in total. The van der Waals surface area contributed by atoms with Crippen LogP contribution in [-0.2, 0) is 19.1 Å². The molecule has 37 heavy (non-hydrogen) atoms. The quantitative estimate of drug-likeness (QED) is 0.513. The molecule has 0 bridgehead atoms. The van der Waals surface area contributed by atoms with Crippen molar-refractivity contribution in [2.24, 2.45) is 10.7 Å². The molecule has 0 unspecified atom stereocenters. The lowest BCUT2D eigenvalue weighted by atomic mass is 10.1. The topological polar surface area (TPSA) is 132 Å². The maximum Gasteiger partial charge on any atom is 0.425 e. The number of amides is 4. The van der Waals surface area contributed by atoms with Gasteiger partial charge in [-0.1, -0.05) is 22.9 Å². The van der Waals surface area contributed by atoms with Crippen molar-refractivity contribution in [3.05, 3.63) is 33.8 Å². The molecule has 0 aromatic heterocycles. The second-order valence-electron chi connectivity index (χ2n) is 10.6. The number of nitrogens with zero attached hydrogens (tertiary/aromatic N) is 3. The maximum absolute atomic E-state index is 13.6. The van der Waals surface area contributed by atoms with Gasteiger partial charge in [-0.05, 0) is 72.2 Å². The molecule has 1 aliphatic rings. The summed E-state index contributed by atoms with van der Waals surface area (Å²) in [6.45, 7) is 11.9. The average molecular weight is 579 g/mol. The zero-order valence-corrected chi connectivity index (χ0v) is 24.0. The van der Waals surface area contributed by atoms with Crippen LogP contribution in [0.15, 0.2) is 33.2 Å². The molecule has 1 aromatic carbocycles. The Kier molecular flexibility index (Phi) is 9.65. The Morgan fingerprint density at radius 3 is 2.08 bits per heavy atom. The molecular formula is C26H35BrN4O6. The number of benzene rings is 1. The van der Waals surface area contributed by atoms with E-state index in [4.69, 9.17) is 15.2 Å². The summed E-state index contributed by atoms with van der Waals surface area (Å²) in [5.74, 6) is -1.17. The number of halogens is 1. The van der Waals surface area contributed by atoms with E-state index < -0.39 is 35.2 Å². The summed E-state index contributed by atoms with van der Waals surface area (Å²) in [6, 6.07) is 5.21. The summed E-state index contributed by atoms with van der Waals surface area (Å²) in [6.07, 6.45) is 0.0380. The molecule has 0 saturated heterocycles. The van der Waals surface area contributed by atoms with Crippen molar-refractivity contribution in [2.75, 3.05) is 13.1 Å². The summed E-state index contributed by atoms with van der Waals surface area (Å²) in [5.41, 5.74) is 4.76. The number of aliphatic imine (C=N–C) groups is 1. The van der Waals surface area contributed by atoms with Crippen LogP contribution in [0.2, 0.25) is 0 Å². The Bertz CT molecular complexity index is 1100. The molecule has 1 aliphatic heterocycles. The highest BCUT2D eigenvalue weighted by Gasteiger charge is 2.37. The largest absolute Gasteiger partial charge is 0.443 e. The van der Waals surface area contributed by atoms with Gasteiger partial charge < -0.3 is 20.1 Å². The van der Waals surface area contributed by atoms with Gasteiger partial charge >= 0.3 is 12.2 Å². The molecule has 0 aliphatic carbocycles. The maximum atomic E-state index is 13.6. The number of amidine groups is 1. The fraction of sp³-hybridized carbons (Fsp3) is 0.500. The van der Waals surface area contributed by atoms with Gasteiger partial charge in [0, 0.05) is 28.6 Å². The summed E-state index contributed by atoms with van der Waals surface area (Å²) in [5, 5.41) is 0. The Hall–Kier alpha value is -3.21. The number of imide groups is 1. The SMILES string of the molecule is CCCN(CC(N)=O)C(=O)C1=Cc2cc(Br)ccc2N=C(N(C(=O)OC(C)(C)C)C(=O)OC(C)(C)C)C1. The van der Waals surface area contributed by atoms with E-state index in [1.54, 1.807) is 65.8 Å². The van der Waals surface area contributed by atoms with Gasteiger partial charge in [0.1, 0.15) is 17.0 Å². The zero-order valence-electron chi connectivity index (χ0n) is 22.4. The van der Waals surface area contributed by atoms with Gasteiger partial charge in [0.15, 0.2) is 0 Å². The minimum absolute atomic E-state index is 0.0558. The summed E-state index contributed by atoms with van der Waals surface area (Å²) < 4.78 is 11.7. The second-order valence-corrected chi connectivity index (χ2v) is 11.5. The Labute approximate surface area is 226 Å². The summed E-state index contributed by atoms with van der Waals surface area (Å²) >= 11 is 3.42. The van der Waals surface area contributed by atoms with Gasteiger partial charge in [-0.3, -0.25) is 9.59 Å². The number of hydrogen-bond donors (Lipinski definition) is 1. The molecular weight excluding hydrogens is 544 g/mol. The third-order valence-corrected chi connectivity index (χ3v) is 5.22. The predicted octanol–water partition coefficient (Wildman–Crippen LogP) is 5.16. The third-order valence-electron chi connectivity index (χ3n) is 4.73. The number of carbonyl (C=O) groups is 4. The van der Waals surface area contributed by atoms with Crippen molar-refractivity contribution in [3.8, 4) is 0 Å². The number of carbonyl (C=O) groups excluding carboxylic acids is 4. The van der Waals surface area contributed by atoms with Crippen molar-refractivity contribution in [1.29, 1.82) is 0 Å². The highest BCUT2D eigenvalue weighted by molar-refractivity contribution is 9.10. The molecule has 2 N–H and O–H groups in total. The number of fused-ring (bicyclic) bond motifs is 1. The lowest BCUT2D eigenvalue weighted by Crippen LogP contribution is -2.47. The van der Waals surface area contributed by atoms with Crippen LogP contribution in [0, 0.1) is 0 Å². The first-order valence-corrected chi connectivity index (χ1v) is 12.7. The highest BCUT2D eigenvalue weighted by Crippen LogP contribution is 2.32. The Morgan fingerprint density at radius 2 is 1.59 bits per heavy atom. The third kappa shape index (κ3) is 8.99. The van der Waals surface area contributed by atoms with Crippen molar-refractivity contribution in [1.82, 2.24) is 9.80 Å².